The maximum Gasteiger partial charge on any atom is 0.320 e. The Labute approximate surface area is 99.7 Å². The Kier molecular flexibility index (Phi) is 8.94. The van der Waals surface area contributed by atoms with Crippen molar-refractivity contribution in [2.45, 2.75) is 6.10 Å². The minimum atomic E-state index is -0.693. The van der Waals surface area contributed by atoms with Gasteiger partial charge in [-0.2, -0.15) is 0 Å². The number of hydrogen-bond donors (Lipinski definition) is 2. The molecule has 0 rings (SSSR count). The molecule has 0 aromatic rings. The van der Waals surface area contributed by atoms with E-state index in [1.807, 2.05) is 0 Å². The van der Waals surface area contributed by atoms with Gasteiger partial charge in [-0.05, 0) is 0 Å². The topological polar surface area (TPSA) is 114 Å². The van der Waals surface area contributed by atoms with Crippen LogP contribution in [0.2, 0.25) is 0 Å². The lowest BCUT2D eigenvalue weighted by Gasteiger charge is -2.17. The first-order valence-electron chi connectivity index (χ1n) is 5.07. The molecule has 0 bridgehead atoms. The summed E-state index contributed by atoms with van der Waals surface area (Å²) in [5.41, 5.74) is 10.2. The van der Waals surface area contributed by atoms with E-state index in [1.165, 1.54) is 0 Å². The zero-order valence-electron chi connectivity index (χ0n) is 9.59. The van der Waals surface area contributed by atoms with Crippen LogP contribution in [-0.2, 0) is 23.8 Å². The van der Waals surface area contributed by atoms with E-state index in [1.54, 1.807) is 6.08 Å². The summed E-state index contributed by atoms with van der Waals surface area (Å²) in [5, 5.41) is 0. The third-order valence-corrected chi connectivity index (χ3v) is 1.60. The van der Waals surface area contributed by atoms with Crippen LogP contribution in [-0.4, -0.2) is 51.0 Å². The normalized spacial score (nSPS) is 11.6. The molecule has 0 aromatic heterocycles. The van der Waals surface area contributed by atoms with Crippen molar-refractivity contribution >= 4 is 11.9 Å². The quantitative estimate of drug-likeness (QED) is 0.291. The highest BCUT2D eigenvalue weighted by Gasteiger charge is 2.16. The predicted octanol–water partition coefficient (Wildman–Crippen LogP) is -1.44. The molecule has 0 fully saturated rings. The SMILES string of the molecule is C=CCOCC(COC(=O)CN)OC(=O)CN. The lowest BCUT2D eigenvalue weighted by atomic mass is 10.4. The number of esters is 2. The summed E-state index contributed by atoms with van der Waals surface area (Å²) in [5.74, 6) is -1.18. The molecule has 0 aliphatic heterocycles. The smallest absolute Gasteiger partial charge is 0.320 e. The van der Waals surface area contributed by atoms with Crippen LogP contribution in [0.25, 0.3) is 0 Å². The second kappa shape index (κ2) is 9.76. The highest BCUT2D eigenvalue weighted by Crippen LogP contribution is 1.96. The van der Waals surface area contributed by atoms with Gasteiger partial charge >= 0.3 is 11.9 Å². The molecule has 0 saturated heterocycles. The Bertz CT molecular complexity index is 257. The Morgan fingerprint density at radius 3 is 2.35 bits per heavy atom. The summed E-state index contributed by atoms with van der Waals surface area (Å²) in [6.07, 6.45) is 0.856. The van der Waals surface area contributed by atoms with Crippen molar-refractivity contribution in [2.75, 3.05) is 32.9 Å². The molecule has 17 heavy (non-hydrogen) atoms. The van der Waals surface area contributed by atoms with Gasteiger partial charge < -0.3 is 25.7 Å². The number of ether oxygens (including phenoxy) is 3. The molecule has 0 radical (unpaired) electrons. The zero-order valence-corrected chi connectivity index (χ0v) is 9.59. The average molecular weight is 246 g/mol. The maximum atomic E-state index is 11.0. The van der Waals surface area contributed by atoms with Gasteiger partial charge in [-0.25, -0.2) is 0 Å². The van der Waals surface area contributed by atoms with E-state index >= 15 is 0 Å². The van der Waals surface area contributed by atoms with Crippen LogP contribution in [0.1, 0.15) is 0 Å². The minimum absolute atomic E-state index is 0.0929. The van der Waals surface area contributed by atoms with Crippen molar-refractivity contribution < 1.29 is 23.8 Å². The average Bonchev–Trinajstić information content (AvgIpc) is 2.35. The van der Waals surface area contributed by atoms with E-state index in [4.69, 9.17) is 25.7 Å². The molecule has 7 heteroatoms. The van der Waals surface area contributed by atoms with Gasteiger partial charge in [0, 0.05) is 0 Å². The first-order chi connectivity index (χ1) is 8.13. The van der Waals surface area contributed by atoms with Crippen LogP contribution in [0.15, 0.2) is 12.7 Å². The van der Waals surface area contributed by atoms with Gasteiger partial charge in [-0.1, -0.05) is 6.08 Å². The fourth-order valence-electron chi connectivity index (χ4n) is 0.878. The Balaban J connectivity index is 4.04. The second-order valence-electron chi connectivity index (χ2n) is 3.03. The van der Waals surface area contributed by atoms with Gasteiger partial charge in [0.2, 0.25) is 0 Å². The van der Waals surface area contributed by atoms with Gasteiger partial charge in [-0.15, -0.1) is 6.58 Å². The van der Waals surface area contributed by atoms with Gasteiger partial charge in [-0.3, -0.25) is 9.59 Å². The van der Waals surface area contributed by atoms with Crippen molar-refractivity contribution in [1.82, 2.24) is 0 Å². The van der Waals surface area contributed by atoms with E-state index in [0.717, 1.165) is 0 Å². The number of nitrogens with two attached hydrogens (primary N) is 2. The molecule has 0 aliphatic rings. The third kappa shape index (κ3) is 8.38. The van der Waals surface area contributed by atoms with Crippen molar-refractivity contribution in [2.24, 2.45) is 11.5 Å². The first-order valence-corrected chi connectivity index (χ1v) is 5.07. The van der Waals surface area contributed by atoms with Gasteiger partial charge in [0.05, 0.1) is 26.3 Å². The number of carbonyl (C=O) groups excluding carboxylic acids is 2. The molecular formula is C10H18N2O5. The summed E-state index contributed by atoms with van der Waals surface area (Å²) >= 11 is 0. The number of hydrogen-bond acceptors (Lipinski definition) is 7. The van der Waals surface area contributed by atoms with Crippen LogP contribution >= 0.6 is 0 Å². The molecule has 0 saturated carbocycles. The lowest BCUT2D eigenvalue weighted by molar-refractivity contribution is -0.160. The van der Waals surface area contributed by atoms with E-state index < -0.39 is 18.0 Å². The monoisotopic (exact) mass is 246 g/mol. The minimum Gasteiger partial charge on any atom is -0.461 e. The van der Waals surface area contributed by atoms with Crippen molar-refractivity contribution in [3.8, 4) is 0 Å². The molecule has 0 amide bonds. The van der Waals surface area contributed by atoms with E-state index in [-0.39, 0.29) is 26.3 Å². The Morgan fingerprint density at radius 1 is 1.18 bits per heavy atom. The molecule has 98 valence electrons. The first kappa shape index (κ1) is 15.6. The van der Waals surface area contributed by atoms with Crippen LogP contribution in [0.3, 0.4) is 0 Å². The second-order valence-corrected chi connectivity index (χ2v) is 3.03. The van der Waals surface area contributed by atoms with E-state index in [0.29, 0.717) is 6.61 Å². The molecule has 0 heterocycles. The molecule has 0 spiro atoms. The van der Waals surface area contributed by atoms with Crippen LogP contribution in [0.4, 0.5) is 0 Å². The summed E-state index contributed by atoms with van der Waals surface area (Å²) in [6, 6.07) is 0. The largest absolute Gasteiger partial charge is 0.461 e. The third-order valence-electron chi connectivity index (χ3n) is 1.60. The molecule has 7 nitrogen and oxygen atoms in total. The molecule has 0 aliphatic carbocycles. The van der Waals surface area contributed by atoms with E-state index in [9.17, 15) is 9.59 Å². The summed E-state index contributed by atoms with van der Waals surface area (Å²) < 4.78 is 14.7. The van der Waals surface area contributed by atoms with Gasteiger partial charge in [0.25, 0.3) is 0 Å². The van der Waals surface area contributed by atoms with Crippen molar-refractivity contribution in [3.63, 3.8) is 0 Å². The van der Waals surface area contributed by atoms with Crippen molar-refractivity contribution in [3.05, 3.63) is 12.7 Å². The standard InChI is InChI=1S/C10H18N2O5/c1-2-3-15-6-8(17-10(14)5-12)7-16-9(13)4-11/h2,8H,1,3-7,11-12H2. The zero-order chi connectivity index (χ0) is 13.1. The molecule has 1 atom stereocenters. The molecule has 1 unspecified atom stereocenters. The Hall–Kier alpha value is -1.44. The summed E-state index contributed by atoms with van der Waals surface area (Å²) in [4.78, 5) is 21.8. The lowest BCUT2D eigenvalue weighted by Crippen LogP contribution is -2.33. The van der Waals surface area contributed by atoms with Gasteiger partial charge in [0.1, 0.15) is 6.61 Å². The summed E-state index contributed by atoms with van der Waals surface area (Å²) in [6.45, 7) is 3.28. The van der Waals surface area contributed by atoms with Crippen LogP contribution in [0, 0.1) is 0 Å². The van der Waals surface area contributed by atoms with Gasteiger partial charge in [0.15, 0.2) is 6.10 Å². The maximum absolute atomic E-state index is 11.0. The summed E-state index contributed by atoms with van der Waals surface area (Å²) in [7, 11) is 0. The number of rotatable bonds is 9. The molecular weight excluding hydrogens is 228 g/mol. The van der Waals surface area contributed by atoms with E-state index in [2.05, 4.69) is 6.58 Å². The highest BCUT2D eigenvalue weighted by molar-refractivity contribution is 5.72. The Morgan fingerprint density at radius 2 is 1.82 bits per heavy atom. The van der Waals surface area contributed by atoms with Crippen molar-refractivity contribution in [1.29, 1.82) is 0 Å². The fraction of sp³-hybridized carbons (Fsp3) is 0.600. The fourth-order valence-corrected chi connectivity index (χ4v) is 0.878. The van der Waals surface area contributed by atoms with Crippen LogP contribution in [0.5, 0.6) is 0 Å². The predicted molar refractivity (Wildman–Crippen MR) is 60.0 cm³/mol. The highest BCUT2D eigenvalue weighted by atomic mass is 16.6. The molecule has 0 aromatic carbocycles. The molecule has 4 N–H and O–H groups in total. The van der Waals surface area contributed by atoms with Crippen LogP contribution < -0.4 is 11.5 Å². The number of carbonyl (C=O) groups is 2.